The molecule has 1 fully saturated rings. The average molecular weight is 372 g/mol. The molecule has 0 spiro atoms. The highest BCUT2D eigenvalue weighted by atomic mass is 35.5. The summed E-state index contributed by atoms with van der Waals surface area (Å²) in [6.45, 7) is 1.43. The number of nitrogens with zero attached hydrogens (tertiary/aromatic N) is 1. The molecule has 1 saturated heterocycles. The van der Waals surface area contributed by atoms with Crippen LogP contribution in [0, 0.1) is 0 Å². The van der Waals surface area contributed by atoms with E-state index in [1.54, 1.807) is 0 Å². The summed E-state index contributed by atoms with van der Waals surface area (Å²) in [6.07, 6.45) is 0.889. The zero-order valence-electron chi connectivity index (χ0n) is 13.7. The fourth-order valence-corrected chi connectivity index (χ4v) is 4.80. The summed E-state index contributed by atoms with van der Waals surface area (Å²) in [5.74, 6) is 1.28. The van der Waals surface area contributed by atoms with Crippen LogP contribution in [0.25, 0.3) is 11.0 Å². The lowest BCUT2D eigenvalue weighted by Gasteiger charge is -2.19. The number of rotatable bonds is 2. The third-order valence-corrected chi connectivity index (χ3v) is 6.17. The summed E-state index contributed by atoms with van der Waals surface area (Å²) in [4.78, 5) is 14.7. The number of carbonyl (C=O) groups is 1. The summed E-state index contributed by atoms with van der Waals surface area (Å²) >= 11 is 8.21. The Balaban J connectivity index is 1.50. The molecule has 1 unspecified atom stereocenters. The number of hydrogen-bond donors (Lipinski definition) is 0. The molecule has 2 heterocycles. The van der Waals surface area contributed by atoms with Gasteiger partial charge in [0, 0.05) is 34.5 Å². The second-order valence-electron chi connectivity index (χ2n) is 6.11. The van der Waals surface area contributed by atoms with Gasteiger partial charge in [-0.3, -0.25) is 4.79 Å². The lowest BCUT2D eigenvalue weighted by atomic mass is 10.1. The van der Waals surface area contributed by atoms with Gasteiger partial charge in [0.05, 0.1) is 0 Å². The van der Waals surface area contributed by atoms with Gasteiger partial charge in [0.15, 0.2) is 5.76 Å². The summed E-state index contributed by atoms with van der Waals surface area (Å²) in [5.41, 5.74) is 1.91. The van der Waals surface area contributed by atoms with Gasteiger partial charge in [-0.05, 0) is 30.2 Å². The van der Waals surface area contributed by atoms with Crippen molar-refractivity contribution in [1.29, 1.82) is 0 Å². The van der Waals surface area contributed by atoms with Crippen molar-refractivity contribution in [2.24, 2.45) is 0 Å². The van der Waals surface area contributed by atoms with Crippen molar-refractivity contribution in [2.45, 2.75) is 11.7 Å². The second kappa shape index (κ2) is 7.14. The maximum absolute atomic E-state index is 12.8. The molecule has 1 atom stereocenters. The smallest absolute Gasteiger partial charge is 0.289 e. The number of fused-ring (bicyclic) bond motifs is 1. The van der Waals surface area contributed by atoms with Gasteiger partial charge in [0.25, 0.3) is 5.91 Å². The van der Waals surface area contributed by atoms with Crippen LogP contribution in [0.4, 0.5) is 0 Å². The minimum atomic E-state index is -0.0309. The maximum Gasteiger partial charge on any atom is 0.289 e. The monoisotopic (exact) mass is 371 g/mol. The highest BCUT2D eigenvalue weighted by Crippen LogP contribution is 2.38. The largest absolute Gasteiger partial charge is 0.451 e. The van der Waals surface area contributed by atoms with E-state index in [0.717, 1.165) is 40.3 Å². The van der Waals surface area contributed by atoms with Crippen LogP contribution < -0.4 is 0 Å². The third kappa shape index (κ3) is 3.42. The van der Waals surface area contributed by atoms with E-state index in [4.69, 9.17) is 16.0 Å². The quantitative estimate of drug-likeness (QED) is 0.604. The van der Waals surface area contributed by atoms with Crippen molar-refractivity contribution in [2.75, 3.05) is 18.8 Å². The van der Waals surface area contributed by atoms with Crippen LogP contribution in [0.2, 0.25) is 5.02 Å². The van der Waals surface area contributed by atoms with Gasteiger partial charge in [0.1, 0.15) is 5.58 Å². The molecule has 0 N–H and O–H groups in total. The number of carbonyl (C=O) groups excluding carboxylic acids is 1. The predicted molar refractivity (Wildman–Crippen MR) is 103 cm³/mol. The number of thioether (sulfide) groups is 1. The molecule has 3 nitrogen and oxygen atoms in total. The number of furan rings is 1. The molecule has 0 aliphatic carbocycles. The molecular weight excluding hydrogens is 354 g/mol. The van der Waals surface area contributed by atoms with Crippen molar-refractivity contribution in [1.82, 2.24) is 4.90 Å². The molecule has 3 aromatic rings. The first kappa shape index (κ1) is 16.6. The fraction of sp³-hybridized carbons (Fsp3) is 0.250. The Hall–Kier alpha value is -1.91. The highest BCUT2D eigenvalue weighted by molar-refractivity contribution is 7.99. The fourth-order valence-electron chi connectivity index (χ4n) is 3.20. The number of amides is 1. The summed E-state index contributed by atoms with van der Waals surface area (Å²) in [6, 6.07) is 17.5. The zero-order valence-corrected chi connectivity index (χ0v) is 15.2. The Kier molecular flexibility index (Phi) is 4.73. The second-order valence-corrected chi connectivity index (χ2v) is 7.83. The first-order valence-electron chi connectivity index (χ1n) is 8.36. The van der Waals surface area contributed by atoms with Gasteiger partial charge in [-0.25, -0.2) is 0 Å². The Bertz CT molecular complexity index is 874. The minimum absolute atomic E-state index is 0.0309. The molecular formula is C20H18ClNO2S. The van der Waals surface area contributed by atoms with E-state index in [9.17, 15) is 4.79 Å². The molecule has 1 aliphatic heterocycles. The van der Waals surface area contributed by atoms with Gasteiger partial charge in [-0.15, -0.1) is 0 Å². The van der Waals surface area contributed by atoms with Gasteiger partial charge in [0.2, 0.25) is 0 Å². The molecule has 1 aliphatic rings. The summed E-state index contributed by atoms with van der Waals surface area (Å²) in [7, 11) is 0. The van der Waals surface area contributed by atoms with E-state index >= 15 is 0 Å². The van der Waals surface area contributed by atoms with Crippen LogP contribution in [0.3, 0.4) is 0 Å². The Labute approximate surface area is 155 Å². The van der Waals surface area contributed by atoms with Crippen molar-refractivity contribution in [3.05, 3.63) is 70.9 Å². The van der Waals surface area contributed by atoms with E-state index in [1.807, 2.05) is 65.2 Å². The SMILES string of the molecule is O=C(c1cc2ccccc2o1)N1CCSC(c2ccccc2Cl)CC1. The van der Waals surface area contributed by atoms with Crippen LogP contribution in [0.1, 0.15) is 27.8 Å². The molecule has 2 aromatic carbocycles. The zero-order chi connectivity index (χ0) is 17.2. The van der Waals surface area contributed by atoms with E-state index in [2.05, 4.69) is 6.07 Å². The first-order valence-corrected chi connectivity index (χ1v) is 9.79. The van der Waals surface area contributed by atoms with Crippen molar-refractivity contribution in [3.8, 4) is 0 Å². The van der Waals surface area contributed by atoms with Crippen molar-refractivity contribution in [3.63, 3.8) is 0 Å². The molecule has 0 radical (unpaired) electrons. The Morgan fingerprint density at radius 2 is 1.92 bits per heavy atom. The van der Waals surface area contributed by atoms with E-state index < -0.39 is 0 Å². The number of hydrogen-bond acceptors (Lipinski definition) is 3. The van der Waals surface area contributed by atoms with Crippen molar-refractivity contribution >= 4 is 40.2 Å². The highest BCUT2D eigenvalue weighted by Gasteiger charge is 2.25. The van der Waals surface area contributed by atoms with Crippen LogP contribution in [-0.4, -0.2) is 29.6 Å². The summed E-state index contributed by atoms with van der Waals surface area (Å²) < 4.78 is 5.74. The van der Waals surface area contributed by atoms with E-state index in [0.29, 0.717) is 17.6 Å². The summed E-state index contributed by atoms with van der Waals surface area (Å²) in [5, 5.41) is 2.09. The van der Waals surface area contributed by atoms with Crippen LogP contribution >= 0.6 is 23.4 Å². The number of benzene rings is 2. The number of para-hydroxylation sites is 1. The van der Waals surface area contributed by atoms with Gasteiger partial charge in [-0.2, -0.15) is 11.8 Å². The molecule has 4 rings (SSSR count). The lowest BCUT2D eigenvalue weighted by molar-refractivity contribution is 0.0737. The minimum Gasteiger partial charge on any atom is -0.451 e. The first-order chi connectivity index (χ1) is 12.2. The normalized spacial score (nSPS) is 18.3. The van der Waals surface area contributed by atoms with Crippen LogP contribution in [-0.2, 0) is 0 Å². The van der Waals surface area contributed by atoms with Gasteiger partial charge in [-0.1, -0.05) is 48.0 Å². The standard InChI is InChI=1S/C20H18ClNO2S/c21-16-7-3-2-6-15(16)19-9-10-22(11-12-25-19)20(23)18-13-14-5-1-4-8-17(14)24-18/h1-8,13,19H,9-12H2. The van der Waals surface area contributed by atoms with Gasteiger partial charge < -0.3 is 9.32 Å². The molecule has 25 heavy (non-hydrogen) atoms. The lowest BCUT2D eigenvalue weighted by Crippen LogP contribution is -2.32. The average Bonchev–Trinajstić information content (AvgIpc) is 2.92. The van der Waals surface area contributed by atoms with Crippen molar-refractivity contribution < 1.29 is 9.21 Å². The Morgan fingerprint density at radius 1 is 1.12 bits per heavy atom. The van der Waals surface area contributed by atoms with Crippen LogP contribution in [0.15, 0.2) is 59.0 Å². The number of halogens is 1. The molecule has 5 heteroatoms. The Morgan fingerprint density at radius 3 is 2.76 bits per heavy atom. The maximum atomic E-state index is 12.8. The van der Waals surface area contributed by atoms with E-state index in [-0.39, 0.29) is 5.91 Å². The molecule has 0 saturated carbocycles. The predicted octanol–water partition coefficient (Wildman–Crippen LogP) is 5.41. The topological polar surface area (TPSA) is 33.5 Å². The molecule has 1 amide bonds. The van der Waals surface area contributed by atoms with Crippen LogP contribution in [0.5, 0.6) is 0 Å². The third-order valence-electron chi connectivity index (χ3n) is 4.52. The molecule has 0 bridgehead atoms. The van der Waals surface area contributed by atoms with Gasteiger partial charge >= 0.3 is 0 Å². The molecule has 1 aromatic heterocycles. The van der Waals surface area contributed by atoms with E-state index in [1.165, 1.54) is 0 Å². The molecule has 128 valence electrons.